The molecule has 15 heavy (non-hydrogen) atoms. The Bertz CT molecular complexity index is 234. The summed E-state index contributed by atoms with van der Waals surface area (Å²) in [6.45, 7) is 0. The molecule has 0 atom stereocenters. The molecule has 0 amide bonds. The molecule has 0 aliphatic heterocycles. The molecule has 0 aromatic carbocycles. The Morgan fingerprint density at radius 2 is 1.20 bits per heavy atom. The Balaban J connectivity index is -0.000000720. The molecule has 86 valence electrons. The van der Waals surface area contributed by atoms with Crippen LogP contribution >= 0.6 is 0 Å². The molecular formula is C6H12BaO8. The molecule has 0 aromatic rings. The van der Waals surface area contributed by atoms with Gasteiger partial charge in [0.1, 0.15) is 0 Å². The van der Waals surface area contributed by atoms with Gasteiger partial charge in [-0.1, -0.05) is 0 Å². The van der Waals surface area contributed by atoms with Gasteiger partial charge in [-0.25, -0.2) is 4.79 Å². The summed E-state index contributed by atoms with van der Waals surface area (Å²) in [5.74, 6) is -5.02. The van der Waals surface area contributed by atoms with Crippen molar-refractivity contribution in [3.63, 3.8) is 0 Å². The Morgan fingerprint density at radius 1 is 0.933 bits per heavy atom. The Kier molecular flexibility index (Phi) is 11.0. The molecule has 9 heteroatoms. The third kappa shape index (κ3) is 7.79. The summed E-state index contributed by atoms with van der Waals surface area (Å²) in [6.07, 6.45) is -2.29. The molecule has 0 radical (unpaired) electrons. The normalized spacial score (nSPS) is 9.40. The Morgan fingerprint density at radius 3 is 1.33 bits per heavy atom. The van der Waals surface area contributed by atoms with Crippen LogP contribution in [-0.4, -0.2) is 98.3 Å². The van der Waals surface area contributed by atoms with E-state index in [-0.39, 0.29) is 54.4 Å². The van der Waals surface area contributed by atoms with Crippen molar-refractivity contribution >= 4 is 66.8 Å². The fourth-order valence-corrected chi connectivity index (χ4v) is 0.714. The number of hydrogen-bond acceptors (Lipinski definition) is 4. The van der Waals surface area contributed by atoms with Gasteiger partial charge in [-0.2, -0.15) is 0 Å². The van der Waals surface area contributed by atoms with Crippen LogP contribution in [0.2, 0.25) is 0 Å². The van der Waals surface area contributed by atoms with E-state index in [0.29, 0.717) is 0 Å². The van der Waals surface area contributed by atoms with Crippen molar-refractivity contribution in [2.75, 3.05) is 0 Å². The molecular weight excluding hydrogens is 337 g/mol. The topological polar surface area (TPSA) is 164 Å². The van der Waals surface area contributed by atoms with Gasteiger partial charge in [0.05, 0.1) is 12.8 Å². The number of hydrogen-bond donors (Lipinski definition) is 4. The van der Waals surface area contributed by atoms with Gasteiger partial charge < -0.3 is 25.9 Å². The van der Waals surface area contributed by atoms with Gasteiger partial charge in [0.25, 0.3) is 0 Å². The van der Waals surface area contributed by atoms with Crippen LogP contribution < -0.4 is 0 Å². The summed E-state index contributed by atoms with van der Waals surface area (Å²) in [5, 5.41) is 33.8. The molecule has 0 unspecified atom stereocenters. The fourth-order valence-electron chi connectivity index (χ4n) is 0.714. The van der Waals surface area contributed by atoms with Crippen LogP contribution in [0.1, 0.15) is 12.8 Å². The first-order valence-corrected chi connectivity index (χ1v) is 3.17. The van der Waals surface area contributed by atoms with Gasteiger partial charge in [0, 0.05) is 0 Å². The molecule has 6 N–H and O–H groups in total. The Labute approximate surface area is 124 Å². The molecule has 0 saturated carbocycles. The number of carboxylic acids is 3. The van der Waals surface area contributed by atoms with Crippen molar-refractivity contribution in [1.29, 1.82) is 0 Å². The SMILES string of the molecule is O.O=C(O)CC(O)(CC(=O)O)C(=O)O.[BaH2]. The second-order valence-corrected chi connectivity index (χ2v) is 2.48. The summed E-state index contributed by atoms with van der Waals surface area (Å²) >= 11 is 0. The van der Waals surface area contributed by atoms with Crippen LogP contribution in [-0.2, 0) is 14.4 Å². The maximum atomic E-state index is 10.3. The van der Waals surface area contributed by atoms with Crippen LogP contribution in [0.4, 0.5) is 0 Å². The minimum atomic E-state index is -2.74. The number of aliphatic hydroxyl groups is 1. The number of rotatable bonds is 5. The molecule has 0 saturated heterocycles. The van der Waals surface area contributed by atoms with Crippen LogP contribution in [0.25, 0.3) is 0 Å². The van der Waals surface area contributed by atoms with Crippen LogP contribution in [0.5, 0.6) is 0 Å². The van der Waals surface area contributed by atoms with Gasteiger partial charge in [-0.3, -0.25) is 9.59 Å². The first kappa shape index (κ1) is 20.3. The van der Waals surface area contributed by atoms with Crippen LogP contribution in [0.3, 0.4) is 0 Å². The number of carboxylic acid groups (broad SMARTS) is 3. The van der Waals surface area contributed by atoms with Crippen molar-refractivity contribution in [2.45, 2.75) is 18.4 Å². The quantitative estimate of drug-likeness (QED) is 0.384. The zero-order chi connectivity index (χ0) is 10.6. The van der Waals surface area contributed by atoms with E-state index in [1.165, 1.54) is 0 Å². The van der Waals surface area contributed by atoms with Crippen molar-refractivity contribution in [1.82, 2.24) is 0 Å². The Hall–Kier alpha value is -0.0986. The standard InChI is InChI=1S/C6H8O7.Ba.H2O.2H/c7-3(8)1-6(13,5(11)12)2-4(9)10;;;;/h13H,1-2H2,(H,7,8)(H,9,10)(H,11,12);;1H2;;. The van der Waals surface area contributed by atoms with Gasteiger partial charge in [0.2, 0.25) is 0 Å². The van der Waals surface area contributed by atoms with E-state index >= 15 is 0 Å². The van der Waals surface area contributed by atoms with Crippen LogP contribution in [0, 0.1) is 0 Å². The van der Waals surface area contributed by atoms with Crippen molar-refractivity contribution in [2.24, 2.45) is 0 Å². The molecule has 0 aromatic heterocycles. The van der Waals surface area contributed by atoms with Crippen molar-refractivity contribution in [3.8, 4) is 0 Å². The van der Waals surface area contributed by atoms with E-state index < -0.39 is 36.4 Å². The van der Waals surface area contributed by atoms with Gasteiger partial charge >= 0.3 is 66.8 Å². The molecule has 0 rings (SSSR count). The molecule has 0 spiro atoms. The minimum absolute atomic E-state index is 0. The van der Waals surface area contributed by atoms with Crippen LogP contribution in [0.15, 0.2) is 0 Å². The van der Waals surface area contributed by atoms with E-state index in [4.69, 9.17) is 20.4 Å². The van der Waals surface area contributed by atoms with Crippen molar-refractivity contribution < 1.29 is 40.3 Å². The molecule has 0 bridgehead atoms. The summed E-state index contributed by atoms with van der Waals surface area (Å²) in [6, 6.07) is 0. The third-order valence-corrected chi connectivity index (χ3v) is 1.29. The first-order valence-electron chi connectivity index (χ1n) is 3.17. The molecule has 0 fully saturated rings. The zero-order valence-corrected chi connectivity index (χ0v) is 6.93. The molecule has 0 aliphatic carbocycles. The van der Waals surface area contributed by atoms with E-state index in [9.17, 15) is 14.4 Å². The molecule has 0 heterocycles. The van der Waals surface area contributed by atoms with Gasteiger partial charge in [-0.05, 0) is 0 Å². The van der Waals surface area contributed by atoms with Gasteiger partial charge in [0.15, 0.2) is 5.60 Å². The van der Waals surface area contributed by atoms with Gasteiger partial charge in [-0.15, -0.1) is 0 Å². The second-order valence-electron chi connectivity index (χ2n) is 2.48. The summed E-state index contributed by atoms with van der Waals surface area (Å²) in [5.41, 5.74) is -2.74. The maximum absolute atomic E-state index is 10.3. The fraction of sp³-hybridized carbons (Fsp3) is 0.500. The number of aliphatic carboxylic acids is 3. The van der Waals surface area contributed by atoms with E-state index in [1.54, 1.807) is 0 Å². The molecule has 8 nitrogen and oxygen atoms in total. The predicted octanol–water partition coefficient (Wildman–Crippen LogP) is -2.99. The summed E-state index contributed by atoms with van der Waals surface area (Å²) < 4.78 is 0. The second kappa shape index (κ2) is 8.10. The summed E-state index contributed by atoms with van der Waals surface area (Å²) in [7, 11) is 0. The first-order chi connectivity index (χ1) is 5.78. The molecule has 0 aliphatic rings. The van der Waals surface area contributed by atoms with E-state index in [1.807, 2.05) is 0 Å². The van der Waals surface area contributed by atoms with E-state index in [0.717, 1.165) is 0 Å². The van der Waals surface area contributed by atoms with Crippen molar-refractivity contribution in [3.05, 3.63) is 0 Å². The zero-order valence-electron chi connectivity index (χ0n) is 6.93. The third-order valence-electron chi connectivity index (χ3n) is 1.29. The monoisotopic (exact) mass is 350 g/mol. The van der Waals surface area contributed by atoms with E-state index in [2.05, 4.69) is 0 Å². The average Bonchev–Trinajstić information content (AvgIpc) is 1.82. The predicted molar refractivity (Wildman–Crippen MR) is 49.2 cm³/mol. The summed E-state index contributed by atoms with van der Waals surface area (Å²) in [4.78, 5) is 30.5. The number of carbonyl (C=O) groups is 3. The average molecular weight is 349 g/mol.